The Hall–Kier alpha value is -0.360. The normalized spacial score (nSPS) is 12.4. The van der Waals surface area contributed by atoms with Crippen LogP contribution in [0.2, 0.25) is 0 Å². The number of halogens is 2. The van der Waals surface area contributed by atoms with E-state index in [1.165, 1.54) is 15.3 Å². The van der Waals surface area contributed by atoms with Crippen molar-refractivity contribution in [3.05, 3.63) is 48.5 Å². The summed E-state index contributed by atoms with van der Waals surface area (Å²) in [6.45, 7) is 5.17. The van der Waals surface area contributed by atoms with Crippen molar-refractivity contribution < 1.29 is 4.74 Å². The predicted molar refractivity (Wildman–Crippen MR) is 93.0 cm³/mol. The van der Waals surface area contributed by atoms with Gasteiger partial charge >= 0.3 is 0 Å². The van der Waals surface area contributed by atoms with Crippen molar-refractivity contribution in [2.24, 2.45) is 0 Å². The molecule has 1 N–H and O–H groups in total. The maximum atomic E-state index is 5.30. The Balaban J connectivity index is 2.43. The van der Waals surface area contributed by atoms with Crippen molar-refractivity contribution in [2.45, 2.75) is 19.9 Å². The van der Waals surface area contributed by atoms with E-state index in [4.69, 9.17) is 4.74 Å². The van der Waals surface area contributed by atoms with Crippen molar-refractivity contribution in [3.8, 4) is 5.75 Å². The van der Waals surface area contributed by atoms with Gasteiger partial charge in [-0.25, -0.2) is 0 Å². The van der Waals surface area contributed by atoms with Gasteiger partial charge in [0.15, 0.2) is 0 Å². The van der Waals surface area contributed by atoms with Crippen molar-refractivity contribution in [2.75, 3.05) is 13.7 Å². The van der Waals surface area contributed by atoms with Gasteiger partial charge in [0.2, 0.25) is 0 Å². The maximum Gasteiger partial charge on any atom is 0.133 e. The molecule has 0 aliphatic carbocycles. The molecule has 0 spiro atoms. The second-order valence-corrected chi connectivity index (χ2v) is 7.45. The van der Waals surface area contributed by atoms with E-state index in [1.54, 1.807) is 7.11 Å². The van der Waals surface area contributed by atoms with E-state index in [0.29, 0.717) is 0 Å². The molecule has 0 aliphatic heterocycles. The molecule has 0 saturated carbocycles. The summed E-state index contributed by atoms with van der Waals surface area (Å²) in [5.74, 6) is 0.852. The smallest absolute Gasteiger partial charge is 0.133 e. The molecule has 2 rings (SSSR count). The zero-order chi connectivity index (χ0) is 14.7. The zero-order valence-electron chi connectivity index (χ0n) is 11.7. The number of ether oxygens (including phenoxy) is 1. The fourth-order valence-electron chi connectivity index (χ4n) is 2.13. The van der Waals surface area contributed by atoms with Crippen LogP contribution < -0.4 is 10.1 Å². The molecule has 20 heavy (non-hydrogen) atoms. The lowest BCUT2D eigenvalue weighted by molar-refractivity contribution is 0.412. The van der Waals surface area contributed by atoms with Crippen LogP contribution >= 0.6 is 43.2 Å². The number of benzene rings is 1. The molecule has 5 heteroatoms. The maximum absolute atomic E-state index is 5.30. The molecule has 0 fully saturated rings. The van der Waals surface area contributed by atoms with Gasteiger partial charge in [0.05, 0.1) is 17.6 Å². The SMILES string of the molecule is CCNC(c1ccc(OC)c(Br)c1)c1sc(C)cc1Br. The lowest BCUT2D eigenvalue weighted by Crippen LogP contribution is -2.21. The highest BCUT2D eigenvalue weighted by Crippen LogP contribution is 2.37. The van der Waals surface area contributed by atoms with E-state index in [2.05, 4.69) is 69.2 Å². The molecule has 1 aromatic carbocycles. The first kappa shape index (κ1) is 16.0. The number of thiophene rings is 1. The third-order valence-corrected chi connectivity index (χ3v) is 5.67. The van der Waals surface area contributed by atoms with Crippen LogP contribution in [0.15, 0.2) is 33.2 Å². The van der Waals surface area contributed by atoms with Crippen LogP contribution in [0.25, 0.3) is 0 Å². The molecule has 0 radical (unpaired) electrons. The molecule has 2 nitrogen and oxygen atoms in total. The predicted octanol–water partition coefficient (Wildman–Crippen LogP) is 5.29. The molecular weight excluding hydrogens is 402 g/mol. The van der Waals surface area contributed by atoms with Gasteiger partial charge in [-0.1, -0.05) is 13.0 Å². The van der Waals surface area contributed by atoms with Crippen molar-refractivity contribution in [1.82, 2.24) is 5.32 Å². The van der Waals surface area contributed by atoms with E-state index < -0.39 is 0 Å². The van der Waals surface area contributed by atoms with E-state index >= 15 is 0 Å². The first-order valence-corrected chi connectivity index (χ1v) is 8.79. The molecule has 0 aliphatic rings. The summed E-state index contributed by atoms with van der Waals surface area (Å²) in [7, 11) is 1.68. The van der Waals surface area contributed by atoms with Crippen LogP contribution in [0.4, 0.5) is 0 Å². The molecule has 0 amide bonds. The van der Waals surface area contributed by atoms with Gasteiger partial charge in [0.25, 0.3) is 0 Å². The average Bonchev–Trinajstić information content (AvgIpc) is 2.74. The molecule has 1 unspecified atom stereocenters. The number of rotatable bonds is 5. The first-order chi connectivity index (χ1) is 9.56. The van der Waals surface area contributed by atoms with Gasteiger partial charge < -0.3 is 10.1 Å². The Morgan fingerprint density at radius 3 is 2.50 bits per heavy atom. The van der Waals surface area contributed by atoms with E-state index in [-0.39, 0.29) is 6.04 Å². The van der Waals surface area contributed by atoms with E-state index in [1.807, 2.05) is 17.4 Å². The third-order valence-electron chi connectivity index (χ3n) is 3.02. The molecule has 2 aromatic rings. The highest BCUT2D eigenvalue weighted by molar-refractivity contribution is 9.10. The quantitative estimate of drug-likeness (QED) is 0.712. The van der Waals surface area contributed by atoms with Crippen LogP contribution in [-0.4, -0.2) is 13.7 Å². The lowest BCUT2D eigenvalue weighted by atomic mass is 10.1. The van der Waals surface area contributed by atoms with Crippen LogP contribution in [0.3, 0.4) is 0 Å². The minimum Gasteiger partial charge on any atom is -0.496 e. The second-order valence-electron chi connectivity index (χ2n) is 4.45. The summed E-state index contributed by atoms with van der Waals surface area (Å²) in [6, 6.07) is 8.59. The minimum absolute atomic E-state index is 0.190. The van der Waals surface area contributed by atoms with Gasteiger partial charge in [-0.3, -0.25) is 0 Å². The highest BCUT2D eigenvalue weighted by atomic mass is 79.9. The molecule has 108 valence electrons. The van der Waals surface area contributed by atoms with Crippen molar-refractivity contribution in [1.29, 1.82) is 0 Å². The van der Waals surface area contributed by atoms with Crippen molar-refractivity contribution >= 4 is 43.2 Å². The van der Waals surface area contributed by atoms with Crippen LogP contribution in [0.5, 0.6) is 5.75 Å². The molecule has 0 bridgehead atoms. The summed E-state index contributed by atoms with van der Waals surface area (Å²) in [4.78, 5) is 2.61. The number of nitrogens with one attached hydrogen (secondary N) is 1. The van der Waals surface area contributed by atoms with Crippen LogP contribution in [0, 0.1) is 6.92 Å². The largest absolute Gasteiger partial charge is 0.496 e. The van der Waals surface area contributed by atoms with Crippen LogP contribution in [-0.2, 0) is 0 Å². The summed E-state index contributed by atoms with van der Waals surface area (Å²) >= 11 is 9.04. The molecule has 1 atom stereocenters. The molecule has 1 aromatic heterocycles. The zero-order valence-corrected chi connectivity index (χ0v) is 15.7. The van der Waals surface area contributed by atoms with Gasteiger partial charge in [-0.2, -0.15) is 0 Å². The highest BCUT2D eigenvalue weighted by Gasteiger charge is 2.19. The lowest BCUT2D eigenvalue weighted by Gasteiger charge is -2.19. The van der Waals surface area contributed by atoms with E-state index in [0.717, 1.165) is 21.2 Å². The van der Waals surface area contributed by atoms with Crippen LogP contribution in [0.1, 0.15) is 28.3 Å². The standard InChI is InChI=1S/C15H17Br2NOS/c1-4-18-14(15-12(17)7-9(2)20-15)10-5-6-13(19-3)11(16)8-10/h5-8,14,18H,4H2,1-3H3. The third kappa shape index (κ3) is 3.45. The Labute approximate surface area is 140 Å². The number of hydrogen-bond acceptors (Lipinski definition) is 3. The fourth-order valence-corrected chi connectivity index (χ4v) is 4.67. The monoisotopic (exact) mass is 417 g/mol. The Kier molecular flexibility index (Phi) is 5.66. The first-order valence-electron chi connectivity index (χ1n) is 6.39. The topological polar surface area (TPSA) is 21.3 Å². The molecule has 0 saturated heterocycles. The molecule has 1 heterocycles. The van der Waals surface area contributed by atoms with Gasteiger partial charge in [-0.15, -0.1) is 11.3 Å². The molecular formula is C15H17Br2NOS. The van der Waals surface area contributed by atoms with Gasteiger partial charge in [-0.05, 0) is 69.1 Å². The minimum atomic E-state index is 0.190. The Bertz CT molecular complexity index is 598. The number of hydrogen-bond donors (Lipinski definition) is 1. The Morgan fingerprint density at radius 1 is 1.25 bits per heavy atom. The Morgan fingerprint density at radius 2 is 2.00 bits per heavy atom. The summed E-state index contributed by atoms with van der Waals surface area (Å²) in [5, 5.41) is 3.55. The van der Waals surface area contributed by atoms with E-state index in [9.17, 15) is 0 Å². The summed E-state index contributed by atoms with van der Waals surface area (Å²) in [5.41, 5.74) is 1.22. The summed E-state index contributed by atoms with van der Waals surface area (Å²) < 4.78 is 7.44. The summed E-state index contributed by atoms with van der Waals surface area (Å²) in [6.07, 6.45) is 0. The van der Waals surface area contributed by atoms with Gasteiger partial charge in [0, 0.05) is 14.2 Å². The van der Waals surface area contributed by atoms with Crippen molar-refractivity contribution in [3.63, 3.8) is 0 Å². The van der Waals surface area contributed by atoms with Gasteiger partial charge in [0.1, 0.15) is 5.75 Å². The second kappa shape index (κ2) is 7.07. The fraction of sp³-hybridized carbons (Fsp3) is 0.333. The average molecular weight is 419 g/mol. The number of methoxy groups -OCH3 is 1. The number of aryl methyl sites for hydroxylation is 1.